The van der Waals surface area contributed by atoms with Gasteiger partial charge in [0, 0.05) is 18.0 Å². The Morgan fingerprint density at radius 1 is 1.19 bits per heavy atom. The molecule has 3 heteroatoms. The average molecular weight is 283 g/mol. The Morgan fingerprint density at radius 3 is 2.62 bits per heavy atom. The molecule has 0 aromatic heterocycles. The van der Waals surface area contributed by atoms with Gasteiger partial charge >= 0.3 is 0 Å². The van der Waals surface area contributed by atoms with Crippen molar-refractivity contribution < 1.29 is 9.18 Å². The number of amides is 1. The van der Waals surface area contributed by atoms with E-state index in [0.717, 1.165) is 24.0 Å². The molecule has 1 aliphatic heterocycles. The zero-order valence-electron chi connectivity index (χ0n) is 12.0. The number of aryl methyl sites for hydroxylation is 1. The lowest BCUT2D eigenvalue weighted by molar-refractivity contribution is -0.119. The molecule has 2 aromatic carbocycles. The molecule has 0 spiro atoms. The molecule has 1 aliphatic rings. The summed E-state index contributed by atoms with van der Waals surface area (Å²) in [6.45, 7) is 1.96. The number of hydrogen-bond donors (Lipinski definition) is 1. The Morgan fingerprint density at radius 2 is 1.95 bits per heavy atom. The van der Waals surface area contributed by atoms with Crippen LogP contribution in [-0.2, 0) is 11.2 Å². The summed E-state index contributed by atoms with van der Waals surface area (Å²) in [7, 11) is 0. The van der Waals surface area contributed by atoms with Gasteiger partial charge in [0.25, 0.3) is 0 Å². The molecule has 0 unspecified atom stereocenters. The molecule has 3 rings (SSSR count). The predicted octanol–water partition coefficient (Wildman–Crippen LogP) is 3.62. The summed E-state index contributed by atoms with van der Waals surface area (Å²) < 4.78 is 13.9. The van der Waals surface area contributed by atoms with E-state index in [1.54, 1.807) is 6.07 Å². The highest BCUT2D eigenvalue weighted by molar-refractivity contribution is 5.78. The standard InChI is InChI=1S/C18H18FNO/c1-12-2-8-17(19)16(10-12)14-5-3-13(4-6-14)11-15-7-9-18(21)20-15/h2-6,8,10,15H,7,9,11H2,1H3,(H,20,21)/t15-/m0/s1. The fraction of sp³-hybridized carbons (Fsp3) is 0.278. The number of rotatable bonds is 3. The molecule has 1 fully saturated rings. The van der Waals surface area contributed by atoms with Crippen LogP contribution in [-0.4, -0.2) is 11.9 Å². The van der Waals surface area contributed by atoms with E-state index in [4.69, 9.17) is 0 Å². The van der Waals surface area contributed by atoms with Gasteiger partial charge in [-0.15, -0.1) is 0 Å². The van der Waals surface area contributed by atoms with Gasteiger partial charge < -0.3 is 5.32 Å². The van der Waals surface area contributed by atoms with E-state index < -0.39 is 0 Å². The second-order valence-corrected chi connectivity index (χ2v) is 5.69. The van der Waals surface area contributed by atoms with Gasteiger partial charge in [-0.05, 0) is 43.0 Å². The Labute approximate surface area is 124 Å². The van der Waals surface area contributed by atoms with E-state index in [1.807, 2.05) is 37.3 Å². The van der Waals surface area contributed by atoms with Crippen molar-refractivity contribution in [3.05, 3.63) is 59.4 Å². The summed E-state index contributed by atoms with van der Waals surface area (Å²) >= 11 is 0. The monoisotopic (exact) mass is 283 g/mol. The van der Waals surface area contributed by atoms with E-state index in [0.29, 0.717) is 12.0 Å². The number of benzene rings is 2. The van der Waals surface area contributed by atoms with Gasteiger partial charge in [-0.1, -0.05) is 35.9 Å². The van der Waals surface area contributed by atoms with Crippen molar-refractivity contribution in [3.8, 4) is 11.1 Å². The summed E-state index contributed by atoms with van der Waals surface area (Å²) in [4.78, 5) is 11.2. The maximum absolute atomic E-state index is 13.9. The molecule has 1 heterocycles. The van der Waals surface area contributed by atoms with Crippen LogP contribution in [0.15, 0.2) is 42.5 Å². The Hall–Kier alpha value is -2.16. The molecule has 1 atom stereocenters. The minimum atomic E-state index is -0.198. The summed E-state index contributed by atoms with van der Waals surface area (Å²) in [5, 5.41) is 2.97. The average Bonchev–Trinajstić information content (AvgIpc) is 2.88. The third-order valence-corrected chi connectivity index (χ3v) is 3.95. The van der Waals surface area contributed by atoms with Gasteiger partial charge in [-0.2, -0.15) is 0 Å². The first-order valence-corrected chi connectivity index (χ1v) is 7.26. The van der Waals surface area contributed by atoms with Gasteiger partial charge in [0.05, 0.1) is 0 Å². The van der Waals surface area contributed by atoms with E-state index in [2.05, 4.69) is 5.32 Å². The molecule has 1 amide bonds. The molecule has 1 N–H and O–H groups in total. The molecule has 0 aliphatic carbocycles. The van der Waals surface area contributed by atoms with Crippen molar-refractivity contribution in [1.29, 1.82) is 0 Å². The SMILES string of the molecule is Cc1ccc(F)c(-c2ccc(C[C@@H]3CCC(=O)N3)cc2)c1. The number of carbonyl (C=O) groups excluding carboxylic acids is 1. The van der Waals surface area contributed by atoms with Crippen LogP contribution < -0.4 is 5.32 Å². The molecular weight excluding hydrogens is 265 g/mol. The lowest BCUT2D eigenvalue weighted by Gasteiger charge is -2.11. The van der Waals surface area contributed by atoms with Crippen LogP contribution >= 0.6 is 0 Å². The van der Waals surface area contributed by atoms with Gasteiger partial charge in [0.1, 0.15) is 5.82 Å². The van der Waals surface area contributed by atoms with E-state index in [1.165, 1.54) is 11.6 Å². The van der Waals surface area contributed by atoms with Gasteiger partial charge in [0.2, 0.25) is 5.91 Å². The van der Waals surface area contributed by atoms with E-state index in [-0.39, 0.29) is 17.8 Å². The summed E-state index contributed by atoms with van der Waals surface area (Å²) in [5.74, 6) is -0.0603. The van der Waals surface area contributed by atoms with Crippen molar-refractivity contribution in [1.82, 2.24) is 5.32 Å². The quantitative estimate of drug-likeness (QED) is 0.915. The Bertz CT molecular complexity index is 663. The molecule has 2 nitrogen and oxygen atoms in total. The molecule has 21 heavy (non-hydrogen) atoms. The minimum Gasteiger partial charge on any atom is -0.353 e. The summed E-state index contributed by atoms with van der Waals surface area (Å²) in [6.07, 6.45) is 2.35. The normalized spacial score (nSPS) is 17.8. The molecule has 1 saturated heterocycles. The number of carbonyl (C=O) groups is 1. The van der Waals surface area contributed by atoms with Crippen LogP contribution in [0.2, 0.25) is 0 Å². The smallest absolute Gasteiger partial charge is 0.220 e. The van der Waals surface area contributed by atoms with Crippen LogP contribution in [0.3, 0.4) is 0 Å². The Balaban J connectivity index is 1.77. The van der Waals surface area contributed by atoms with Crippen LogP contribution in [0.4, 0.5) is 4.39 Å². The van der Waals surface area contributed by atoms with E-state index in [9.17, 15) is 9.18 Å². The number of nitrogens with one attached hydrogen (secondary N) is 1. The first kappa shape index (κ1) is 13.8. The van der Waals surface area contributed by atoms with Gasteiger partial charge in [-0.25, -0.2) is 4.39 Å². The third kappa shape index (κ3) is 3.13. The van der Waals surface area contributed by atoms with Gasteiger partial charge in [0.15, 0.2) is 0 Å². The van der Waals surface area contributed by atoms with E-state index >= 15 is 0 Å². The lowest BCUT2D eigenvalue weighted by Crippen LogP contribution is -2.27. The fourth-order valence-corrected chi connectivity index (χ4v) is 2.80. The van der Waals surface area contributed by atoms with Crippen LogP contribution in [0, 0.1) is 12.7 Å². The molecule has 108 valence electrons. The van der Waals surface area contributed by atoms with Gasteiger partial charge in [-0.3, -0.25) is 4.79 Å². The van der Waals surface area contributed by atoms with Crippen LogP contribution in [0.5, 0.6) is 0 Å². The molecule has 0 radical (unpaired) electrons. The first-order chi connectivity index (χ1) is 10.1. The summed E-state index contributed by atoms with van der Waals surface area (Å²) in [5.41, 5.74) is 3.73. The van der Waals surface area contributed by atoms with Crippen molar-refractivity contribution in [2.75, 3.05) is 0 Å². The lowest BCUT2D eigenvalue weighted by atomic mass is 9.99. The number of hydrogen-bond acceptors (Lipinski definition) is 1. The largest absolute Gasteiger partial charge is 0.353 e. The zero-order valence-corrected chi connectivity index (χ0v) is 12.0. The van der Waals surface area contributed by atoms with Crippen molar-refractivity contribution in [2.45, 2.75) is 32.2 Å². The predicted molar refractivity (Wildman–Crippen MR) is 81.4 cm³/mol. The second kappa shape index (κ2) is 5.68. The third-order valence-electron chi connectivity index (χ3n) is 3.95. The zero-order chi connectivity index (χ0) is 14.8. The fourth-order valence-electron chi connectivity index (χ4n) is 2.80. The molecule has 0 bridgehead atoms. The molecule has 0 saturated carbocycles. The maximum Gasteiger partial charge on any atom is 0.220 e. The minimum absolute atomic E-state index is 0.137. The topological polar surface area (TPSA) is 29.1 Å². The first-order valence-electron chi connectivity index (χ1n) is 7.26. The van der Waals surface area contributed by atoms with Crippen molar-refractivity contribution in [2.24, 2.45) is 0 Å². The summed E-state index contributed by atoms with van der Waals surface area (Å²) in [6, 6.07) is 13.3. The Kier molecular flexibility index (Phi) is 3.74. The number of halogens is 1. The molecular formula is C18H18FNO. The maximum atomic E-state index is 13.9. The second-order valence-electron chi connectivity index (χ2n) is 5.69. The highest BCUT2D eigenvalue weighted by atomic mass is 19.1. The van der Waals surface area contributed by atoms with Crippen LogP contribution in [0.25, 0.3) is 11.1 Å². The highest BCUT2D eigenvalue weighted by Crippen LogP contribution is 2.25. The van der Waals surface area contributed by atoms with Crippen LogP contribution in [0.1, 0.15) is 24.0 Å². The van der Waals surface area contributed by atoms with Crippen molar-refractivity contribution in [3.63, 3.8) is 0 Å². The molecule has 2 aromatic rings. The van der Waals surface area contributed by atoms with Crippen molar-refractivity contribution >= 4 is 5.91 Å². The highest BCUT2D eigenvalue weighted by Gasteiger charge is 2.20.